The Morgan fingerprint density at radius 1 is 1.22 bits per heavy atom. The van der Waals surface area contributed by atoms with Crippen LogP contribution in [-0.4, -0.2) is 33.7 Å². The van der Waals surface area contributed by atoms with Crippen LogP contribution in [-0.2, 0) is 10.0 Å². The Morgan fingerprint density at radius 3 is 2.44 bits per heavy atom. The average Bonchev–Trinajstić information content (AvgIpc) is 2.37. The summed E-state index contributed by atoms with van der Waals surface area (Å²) in [5.41, 5.74) is 1.15. The highest BCUT2D eigenvalue weighted by molar-refractivity contribution is 7.92. The maximum absolute atomic E-state index is 11.9. The van der Waals surface area contributed by atoms with Crippen molar-refractivity contribution in [1.29, 1.82) is 0 Å². The Balaban J connectivity index is 2.26. The van der Waals surface area contributed by atoms with Crippen molar-refractivity contribution in [2.24, 2.45) is 0 Å². The van der Waals surface area contributed by atoms with Crippen LogP contribution >= 0.6 is 0 Å². The van der Waals surface area contributed by atoms with Gasteiger partial charge < -0.3 is 5.32 Å². The molecule has 0 radical (unpaired) electrons. The van der Waals surface area contributed by atoms with Gasteiger partial charge in [0.2, 0.25) is 10.0 Å². The molecule has 1 aromatic carbocycles. The minimum Gasteiger partial charge on any atom is -0.355 e. The van der Waals surface area contributed by atoms with Crippen molar-refractivity contribution in [2.45, 2.75) is 12.8 Å². The molecule has 1 aliphatic rings. The number of hydrogen-bond donors (Lipinski definition) is 1. The predicted molar refractivity (Wildman–Crippen MR) is 70.2 cm³/mol. The zero-order valence-electron chi connectivity index (χ0n) is 10.2. The smallest absolute Gasteiger partial charge is 0.251 e. The van der Waals surface area contributed by atoms with Gasteiger partial charge in [0.25, 0.3) is 5.91 Å². The second kappa shape index (κ2) is 4.97. The number of rotatable bonds is 2. The van der Waals surface area contributed by atoms with E-state index in [0.29, 0.717) is 17.8 Å². The molecule has 1 amide bonds. The lowest BCUT2D eigenvalue weighted by molar-refractivity contribution is 0.0963. The van der Waals surface area contributed by atoms with Crippen LogP contribution in [0.1, 0.15) is 23.2 Å². The van der Waals surface area contributed by atoms with Crippen LogP contribution in [0.2, 0.25) is 0 Å². The number of sulfonamides is 1. The molecular weight excluding hydrogens is 252 g/mol. The van der Waals surface area contributed by atoms with Crippen LogP contribution in [0.3, 0.4) is 0 Å². The Hall–Kier alpha value is -1.56. The van der Waals surface area contributed by atoms with E-state index in [-0.39, 0.29) is 11.7 Å². The monoisotopic (exact) mass is 268 g/mol. The highest BCUT2D eigenvalue weighted by atomic mass is 32.2. The van der Waals surface area contributed by atoms with Crippen LogP contribution < -0.4 is 9.62 Å². The molecule has 0 aromatic heterocycles. The Bertz CT molecular complexity index is 537. The summed E-state index contributed by atoms with van der Waals surface area (Å²) in [6.07, 6.45) is 1.59. The SMILES string of the molecule is CNC(=O)c1ccc(N2CCCCS2(=O)=O)cc1. The molecule has 0 unspecified atom stereocenters. The van der Waals surface area contributed by atoms with Crippen LogP contribution in [0.5, 0.6) is 0 Å². The van der Waals surface area contributed by atoms with Crippen molar-refractivity contribution in [1.82, 2.24) is 5.32 Å². The number of anilines is 1. The molecule has 0 bridgehead atoms. The van der Waals surface area contributed by atoms with Crippen molar-refractivity contribution >= 4 is 21.6 Å². The number of nitrogens with one attached hydrogen (secondary N) is 1. The lowest BCUT2D eigenvalue weighted by Crippen LogP contribution is -2.37. The van der Waals surface area contributed by atoms with Gasteiger partial charge in [-0.25, -0.2) is 8.42 Å². The lowest BCUT2D eigenvalue weighted by atomic mass is 10.2. The molecule has 2 rings (SSSR count). The second-order valence-electron chi connectivity index (χ2n) is 4.22. The normalized spacial score (nSPS) is 18.4. The van der Waals surface area contributed by atoms with Gasteiger partial charge in [-0.1, -0.05) is 0 Å². The van der Waals surface area contributed by atoms with E-state index in [0.717, 1.165) is 12.8 Å². The second-order valence-corrected chi connectivity index (χ2v) is 6.23. The van der Waals surface area contributed by atoms with E-state index in [9.17, 15) is 13.2 Å². The Kier molecular flexibility index (Phi) is 3.56. The van der Waals surface area contributed by atoms with Crippen LogP contribution in [0.15, 0.2) is 24.3 Å². The van der Waals surface area contributed by atoms with Crippen molar-refractivity contribution < 1.29 is 13.2 Å². The van der Waals surface area contributed by atoms with Gasteiger partial charge in [0.1, 0.15) is 0 Å². The van der Waals surface area contributed by atoms with Crippen molar-refractivity contribution in [2.75, 3.05) is 23.7 Å². The third-order valence-electron chi connectivity index (χ3n) is 2.99. The van der Waals surface area contributed by atoms with Gasteiger partial charge >= 0.3 is 0 Å². The fourth-order valence-electron chi connectivity index (χ4n) is 2.00. The summed E-state index contributed by atoms with van der Waals surface area (Å²) in [5.74, 6) is 0.0209. The van der Waals surface area contributed by atoms with Gasteiger partial charge in [-0.2, -0.15) is 0 Å². The van der Waals surface area contributed by atoms with E-state index < -0.39 is 10.0 Å². The maximum atomic E-state index is 11.9. The maximum Gasteiger partial charge on any atom is 0.251 e. The molecule has 1 N–H and O–H groups in total. The number of carbonyl (C=O) groups excluding carboxylic acids is 1. The minimum absolute atomic E-state index is 0.178. The highest BCUT2D eigenvalue weighted by Crippen LogP contribution is 2.23. The number of nitrogens with zero attached hydrogens (tertiary/aromatic N) is 1. The molecule has 0 spiro atoms. The van der Waals surface area contributed by atoms with E-state index >= 15 is 0 Å². The highest BCUT2D eigenvalue weighted by Gasteiger charge is 2.25. The topological polar surface area (TPSA) is 66.5 Å². The summed E-state index contributed by atoms with van der Waals surface area (Å²) in [6.45, 7) is 0.516. The van der Waals surface area contributed by atoms with Gasteiger partial charge in [0, 0.05) is 19.2 Å². The van der Waals surface area contributed by atoms with Crippen molar-refractivity contribution in [3.63, 3.8) is 0 Å². The lowest BCUT2D eigenvalue weighted by Gasteiger charge is -2.28. The number of carbonyl (C=O) groups is 1. The minimum atomic E-state index is -3.18. The van der Waals surface area contributed by atoms with E-state index in [4.69, 9.17) is 0 Å². The van der Waals surface area contributed by atoms with Crippen LogP contribution in [0.25, 0.3) is 0 Å². The van der Waals surface area contributed by atoms with Crippen molar-refractivity contribution in [3.8, 4) is 0 Å². The molecule has 1 fully saturated rings. The van der Waals surface area contributed by atoms with Gasteiger partial charge in [0.05, 0.1) is 11.4 Å². The molecule has 5 nitrogen and oxygen atoms in total. The Labute approximate surface area is 107 Å². The predicted octanol–water partition coefficient (Wildman–Crippen LogP) is 0.976. The van der Waals surface area contributed by atoms with Gasteiger partial charge in [0.15, 0.2) is 0 Å². The van der Waals surface area contributed by atoms with Gasteiger partial charge in [-0.15, -0.1) is 0 Å². The molecule has 1 saturated heterocycles. The fourth-order valence-corrected chi connectivity index (χ4v) is 3.64. The van der Waals surface area contributed by atoms with E-state index in [1.54, 1.807) is 31.3 Å². The average molecular weight is 268 g/mol. The van der Waals surface area contributed by atoms with E-state index in [1.165, 1.54) is 4.31 Å². The summed E-state index contributed by atoms with van der Waals surface area (Å²) in [7, 11) is -1.62. The molecule has 0 saturated carbocycles. The largest absolute Gasteiger partial charge is 0.355 e. The Morgan fingerprint density at radius 2 is 1.89 bits per heavy atom. The molecule has 1 aliphatic heterocycles. The standard InChI is InChI=1S/C12H16N2O3S/c1-13-12(15)10-4-6-11(7-5-10)14-8-2-3-9-18(14,16)17/h4-7H,2-3,8-9H2,1H3,(H,13,15). The summed E-state index contributed by atoms with van der Waals surface area (Å²) < 4.78 is 25.2. The molecule has 0 atom stereocenters. The number of amides is 1. The summed E-state index contributed by atoms with van der Waals surface area (Å²) in [5, 5.41) is 2.53. The fraction of sp³-hybridized carbons (Fsp3) is 0.417. The molecule has 6 heteroatoms. The third kappa shape index (κ3) is 2.48. The summed E-state index contributed by atoms with van der Waals surface area (Å²) >= 11 is 0. The zero-order valence-corrected chi connectivity index (χ0v) is 11.0. The number of hydrogen-bond acceptors (Lipinski definition) is 3. The molecule has 98 valence electrons. The van der Waals surface area contributed by atoms with Crippen molar-refractivity contribution in [3.05, 3.63) is 29.8 Å². The van der Waals surface area contributed by atoms with E-state index in [2.05, 4.69) is 5.32 Å². The number of benzene rings is 1. The first-order chi connectivity index (χ1) is 8.54. The molecule has 0 aliphatic carbocycles. The van der Waals surface area contributed by atoms with Crippen LogP contribution in [0, 0.1) is 0 Å². The van der Waals surface area contributed by atoms with Crippen LogP contribution in [0.4, 0.5) is 5.69 Å². The molecule has 1 aromatic rings. The molecule has 1 heterocycles. The summed E-state index contributed by atoms with van der Waals surface area (Å²) in [6, 6.07) is 6.62. The molecular formula is C12H16N2O3S. The first kappa shape index (κ1) is 12.9. The first-order valence-electron chi connectivity index (χ1n) is 5.87. The van der Waals surface area contributed by atoms with E-state index in [1.807, 2.05) is 0 Å². The quantitative estimate of drug-likeness (QED) is 0.869. The third-order valence-corrected chi connectivity index (χ3v) is 4.86. The first-order valence-corrected chi connectivity index (χ1v) is 7.48. The van der Waals surface area contributed by atoms with Gasteiger partial charge in [-0.3, -0.25) is 9.10 Å². The molecule has 18 heavy (non-hydrogen) atoms. The van der Waals surface area contributed by atoms with Gasteiger partial charge in [-0.05, 0) is 37.1 Å². The zero-order chi connectivity index (χ0) is 13.2. The summed E-state index contributed by atoms with van der Waals surface area (Å²) in [4.78, 5) is 11.4.